The van der Waals surface area contributed by atoms with Gasteiger partial charge in [0.05, 0.1) is 4.91 Å². The second-order valence-electron chi connectivity index (χ2n) is 11.3. The number of hydrogen-bond donors (Lipinski definition) is 1. The Balaban J connectivity index is 1.74. The number of hydrogen-bond acceptors (Lipinski definition) is 8. The van der Waals surface area contributed by atoms with Crippen molar-refractivity contribution in [2.24, 2.45) is 0 Å². The number of carbonyl (C=O) groups is 2. The van der Waals surface area contributed by atoms with Crippen LogP contribution in [0, 0.1) is 18.3 Å². The lowest BCUT2D eigenvalue weighted by molar-refractivity contribution is -0.137. The number of anilines is 1. The van der Waals surface area contributed by atoms with E-state index >= 15 is 0 Å². The molecule has 230 valence electrons. The summed E-state index contributed by atoms with van der Waals surface area (Å²) < 4.78 is 2.29. The summed E-state index contributed by atoms with van der Waals surface area (Å²) in [5.74, 6) is -0.0442. The Hall–Kier alpha value is -2.68. The van der Waals surface area contributed by atoms with E-state index in [2.05, 4.69) is 29.8 Å². The molecule has 2 saturated heterocycles. The molecule has 2 fully saturated rings. The summed E-state index contributed by atoms with van der Waals surface area (Å²) in [4.78, 5) is 44.3. The number of carboxylic acids is 1. The van der Waals surface area contributed by atoms with Crippen molar-refractivity contribution in [3.8, 4) is 6.07 Å². The van der Waals surface area contributed by atoms with E-state index in [1.165, 1.54) is 11.8 Å². The predicted octanol–water partition coefficient (Wildman–Crippen LogP) is 5.38. The van der Waals surface area contributed by atoms with E-state index in [4.69, 9.17) is 17.3 Å². The Labute approximate surface area is 259 Å². The molecule has 0 saturated carbocycles. The van der Waals surface area contributed by atoms with Gasteiger partial charge in [-0.3, -0.25) is 23.9 Å². The van der Waals surface area contributed by atoms with Gasteiger partial charge in [-0.25, -0.2) is 0 Å². The minimum absolute atomic E-state index is 0.114. The van der Waals surface area contributed by atoms with Crippen molar-refractivity contribution in [3.63, 3.8) is 0 Å². The van der Waals surface area contributed by atoms with Gasteiger partial charge in [0.25, 0.3) is 11.5 Å². The smallest absolute Gasteiger partial charge is 0.303 e. The maximum atomic E-state index is 13.5. The van der Waals surface area contributed by atoms with Gasteiger partial charge >= 0.3 is 5.97 Å². The number of aromatic nitrogens is 1. The first-order valence-corrected chi connectivity index (χ1v) is 16.5. The van der Waals surface area contributed by atoms with Gasteiger partial charge in [-0.05, 0) is 44.9 Å². The zero-order valence-electron chi connectivity index (χ0n) is 25.3. The van der Waals surface area contributed by atoms with Gasteiger partial charge in [0.2, 0.25) is 0 Å². The van der Waals surface area contributed by atoms with Gasteiger partial charge in [0.15, 0.2) is 0 Å². The van der Waals surface area contributed by atoms with Gasteiger partial charge in [0.1, 0.15) is 21.8 Å². The van der Waals surface area contributed by atoms with E-state index in [9.17, 15) is 19.6 Å². The van der Waals surface area contributed by atoms with Gasteiger partial charge in [-0.1, -0.05) is 75.8 Å². The van der Waals surface area contributed by atoms with Crippen LogP contribution in [-0.2, 0) is 16.1 Å². The molecule has 0 spiro atoms. The third-order valence-corrected chi connectivity index (χ3v) is 9.43. The molecule has 0 bridgehead atoms. The zero-order valence-corrected chi connectivity index (χ0v) is 27.0. The molecule has 1 aromatic heterocycles. The molecule has 2 aliphatic heterocycles. The normalized spacial score (nSPS) is 17.0. The van der Waals surface area contributed by atoms with Crippen LogP contribution in [0.2, 0.25) is 0 Å². The molecule has 1 aromatic rings. The SMILES string of the molecule is CCCCn1c(N2CCN(C)CC2)c(/C=C2/SC(=S)N(CCCCCCCCCCC(=O)O)C2=O)c(C)c(C#N)c1=O. The molecule has 0 aliphatic carbocycles. The fourth-order valence-electron chi connectivity index (χ4n) is 5.46. The lowest BCUT2D eigenvalue weighted by Crippen LogP contribution is -2.47. The quantitative estimate of drug-likeness (QED) is 0.149. The monoisotopic (exact) mass is 615 g/mol. The summed E-state index contributed by atoms with van der Waals surface area (Å²) in [6, 6.07) is 2.13. The lowest BCUT2D eigenvalue weighted by atomic mass is 10.0. The van der Waals surface area contributed by atoms with Crippen molar-refractivity contribution in [2.45, 2.75) is 91.0 Å². The molecular weight excluding hydrogens is 571 g/mol. The van der Waals surface area contributed by atoms with Crippen molar-refractivity contribution < 1.29 is 14.7 Å². The van der Waals surface area contributed by atoms with Crippen molar-refractivity contribution in [2.75, 3.05) is 44.7 Å². The predicted molar refractivity (Wildman–Crippen MR) is 174 cm³/mol. The maximum Gasteiger partial charge on any atom is 0.303 e. The van der Waals surface area contributed by atoms with Gasteiger partial charge < -0.3 is 14.9 Å². The average molecular weight is 616 g/mol. The van der Waals surface area contributed by atoms with Gasteiger partial charge in [0, 0.05) is 51.3 Å². The van der Waals surface area contributed by atoms with E-state index in [0.29, 0.717) is 27.9 Å². The molecule has 3 rings (SSSR count). The van der Waals surface area contributed by atoms with E-state index in [0.717, 1.165) is 102 Å². The second-order valence-corrected chi connectivity index (χ2v) is 12.9. The van der Waals surface area contributed by atoms with Gasteiger partial charge in [-0.15, -0.1) is 0 Å². The molecule has 9 nitrogen and oxygen atoms in total. The number of carbonyl (C=O) groups excluding carboxylic acids is 1. The Morgan fingerprint density at radius 1 is 1.00 bits per heavy atom. The molecule has 0 radical (unpaired) electrons. The summed E-state index contributed by atoms with van der Waals surface area (Å²) in [7, 11) is 2.09. The average Bonchev–Trinajstić information content (AvgIpc) is 3.22. The van der Waals surface area contributed by atoms with Crippen LogP contribution in [0.3, 0.4) is 0 Å². The summed E-state index contributed by atoms with van der Waals surface area (Å²) in [5, 5.41) is 18.6. The Bertz CT molecular complexity index is 1260. The molecule has 2 aliphatic rings. The van der Waals surface area contributed by atoms with Crippen molar-refractivity contribution in [1.82, 2.24) is 14.4 Å². The zero-order chi connectivity index (χ0) is 30.6. The number of thioether (sulfide) groups is 1. The first-order chi connectivity index (χ1) is 20.2. The highest BCUT2D eigenvalue weighted by Gasteiger charge is 2.33. The van der Waals surface area contributed by atoms with Crippen molar-refractivity contribution in [3.05, 3.63) is 31.9 Å². The number of thiocarbonyl (C=S) groups is 1. The Kier molecular flexibility index (Phi) is 13.5. The molecule has 0 aromatic carbocycles. The van der Waals surface area contributed by atoms with Crippen LogP contribution in [0.25, 0.3) is 6.08 Å². The number of nitrogens with zero attached hydrogens (tertiary/aromatic N) is 5. The minimum Gasteiger partial charge on any atom is -0.481 e. The number of piperazine rings is 1. The molecule has 1 amide bonds. The number of amides is 1. The highest BCUT2D eigenvalue weighted by Crippen LogP contribution is 2.36. The molecule has 42 heavy (non-hydrogen) atoms. The van der Waals surface area contributed by atoms with Crippen LogP contribution in [0.15, 0.2) is 9.70 Å². The van der Waals surface area contributed by atoms with E-state index < -0.39 is 5.97 Å². The molecule has 3 heterocycles. The van der Waals surface area contributed by atoms with Gasteiger partial charge in [-0.2, -0.15) is 5.26 Å². The number of rotatable bonds is 16. The van der Waals surface area contributed by atoms with Crippen LogP contribution < -0.4 is 10.5 Å². The summed E-state index contributed by atoms with van der Waals surface area (Å²) in [6.07, 6.45) is 11.8. The molecule has 1 N–H and O–H groups in total. The second kappa shape index (κ2) is 16.8. The highest BCUT2D eigenvalue weighted by molar-refractivity contribution is 8.26. The lowest BCUT2D eigenvalue weighted by Gasteiger charge is -2.36. The van der Waals surface area contributed by atoms with Crippen LogP contribution in [0.4, 0.5) is 5.82 Å². The van der Waals surface area contributed by atoms with Crippen molar-refractivity contribution in [1.29, 1.82) is 5.26 Å². The number of carboxylic acid groups (broad SMARTS) is 1. The first-order valence-electron chi connectivity index (χ1n) is 15.3. The highest BCUT2D eigenvalue weighted by atomic mass is 32.2. The minimum atomic E-state index is -0.728. The van der Waals surface area contributed by atoms with Crippen LogP contribution in [-0.4, -0.2) is 75.4 Å². The van der Waals surface area contributed by atoms with Crippen LogP contribution in [0.5, 0.6) is 0 Å². The maximum absolute atomic E-state index is 13.5. The summed E-state index contributed by atoms with van der Waals surface area (Å²) in [6.45, 7) is 8.25. The largest absolute Gasteiger partial charge is 0.481 e. The Morgan fingerprint density at radius 2 is 1.62 bits per heavy atom. The topological polar surface area (TPSA) is 110 Å². The first kappa shape index (κ1) is 33.8. The number of pyridine rings is 1. The molecular formula is C31H45N5O4S2. The standard InChI is InChI=1S/C31H45N5O4S2/c1-4-5-15-35-28(34-19-17-33(3)18-20-34)24(23(2)25(22-32)29(35)39)21-26-30(40)36(31(41)42-26)16-13-11-9-7-6-8-10-12-14-27(37)38/h21H,4-20H2,1-3H3,(H,37,38)/b26-21+. The summed E-state index contributed by atoms with van der Waals surface area (Å²) in [5.41, 5.74) is 1.24. The fourth-order valence-corrected chi connectivity index (χ4v) is 6.75. The number of likely N-dealkylation sites (N-methyl/N-ethyl adjacent to an activating group) is 1. The number of aliphatic carboxylic acids is 1. The third kappa shape index (κ3) is 8.91. The number of unbranched alkanes of at least 4 members (excludes halogenated alkanes) is 8. The molecule has 11 heteroatoms. The van der Waals surface area contributed by atoms with E-state index in [1.54, 1.807) is 9.47 Å². The van der Waals surface area contributed by atoms with Crippen LogP contribution >= 0.6 is 24.0 Å². The van der Waals surface area contributed by atoms with E-state index in [1.807, 2.05) is 13.0 Å². The summed E-state index contributed by atoms with van der Waals surface area (Å²) >= 11 is 6.90. The third-order valence-electron chi connectivity index (χ3n) is 8.06. The number of nitriles is 1. The fraction of sp³-hybridized carbons (Fsp3) is 0.645. The van der Waals surface area contributed by atoms with Crippen LogP contribution in [0.1, 0.15) is 94.2 Å². The Morgan fingerprint density at radius 3 is 2.21 bits per heavy atom. The van der Waals surface area contributed by atoms with E-state index in [-0.39, 0.29) is 23.5 Å². The molecule has 0 atom stereocenters. The molecule has 0 unspecified atom stereocenters. The van der Waals surface area contributed by atoms with Crippen molar-refractivity contribution >= 4 is 52.1 Å².